The Kier molecular flexibility index (Phi) is 7.79. The standard InChI is InChI=1S/C22H31N5O3/c1-14(2)21(25-29-6)17-10-11-20(16(4)12-17)30-13-18-15(3)8-7-9-19(18)27(24)22(28)26(5)23/h7-12,14H,13,23-24H2,1-6H3. The van der Waals surface area contributed by atoms with E-state index in [2.05, 4.69) is 19.0 Å². The summed E-state index contributed by atoms with van der Waals surface area (Å²) in [6, 6.07) is 10.9. The maximum atomic E-state index is 12.2. The van der Waals surface area contributed by atoms with Gasteiger partial charge in [0.1, 0.15) is 19.5 Å². The van der Waals surface area contributed by atoms with Crippen molar-refractivity contribution in [2.24, 2.45) is 22.8 Å². The summed E-state index contributed by atoms with van der Waals surface area (Å²) in [6.07, 6.45) is 0. The molecule has 0 unspecified atom stereocenters. The van der Waals surface area contributed by atoms with Gasteiger partial charge in [0, 0.05) is 18.2 Å². The number of rotatable bonds is 7. The first-order valence-corrected chi connectivity index (χ1v) is 9.67. The predicted molar refractivity (Wildman–Crippen MR) is 119 cm³/mol. The number of oxime groups is 1. The number of anilines is 1. The third-order valence-electron chi connectivity index (χ3n) is 4.73. The molecule has 8 nitrogen and oxygen atoms in total. The number of hydrazine groups is 2. The van der Waals surface area contributed by atoms with Crippen molar-refractivity contribution in [3.63, 3.8) is 0 Å². The van der Waals surface area contributed by atoms with Gasteiger partial charge in [0.05, 0.1) is 11.4 Å². The van der Waals surface area contributed by atoms with Crippen LogP contribution < -0.4 is 21.4 Å². The highest BCUT2D eigenvalue weighted by Crippen LogP contribution is 2.27. The lowest BCUT2D eigenvalue weighted by Gasteiger charge is -2.24. The number of amides is 2. The summed E-state index contributed by atoms with van der Waals surface area (Å²) < 4.78 is 6.08. The molecule has 2 rings (SSSR count). The minimum absolute atomic E-state index is 0.222. The second-order valence-corrected chi connectivity index (χ2v) is 7.42. The summed E-state index contributed by atoms with van der Waals surface area (Å²) in [4.78, 5) is 17.2. The molecular formula is C22H31N5O3. The van der Waals surface area contributed by atoms with Crippen LogP contribution in [0.1, 0.15) is 36.1 Å². The molecule has 0 spiro atoms. The van der Waals surface area contributed by atoms with Gasteiger partial charge in [-0.15, -0.1) is 0 Å². The molecule has 4 N–H and O–H groups in total. The summed E-state index contributed by atoms with van der Waals surface area (Å²) in [6.45, 7) is 8.30. The molecule has 162 valence electrons. The average Bonchev–Trinajstić information content (AvgIpc) is 2.70. The van der Waals surface area contributed by atoms with E-state index in [9.17, 15) is 4.79 Å². The van der Waals surface area contributed by atoms with Crippen molar-refractivity contribution in [3.05, 3.63) is 58.7 Å². The van der Waals surface area contributed by atoms with E-state index in [1.165, 1.54) is 7.05 Å². The molecule has 0 aliphatic carbocycles. The Bertz CT molecular complexity index is 925. The number of hydrogen-bond acceptors (Lipinski definition) is 6. The Morgan fingerprint density at radius 2 is 1.83 bits per heavy atom. The molecule has 0 heterocycles. The monoisotopic (exact) mass is 413 g/mol. The Morgan fingerprint density at radius 1 is 1.13 bits per heavy atom. The molecule has 30 heavy (non-hydrogen) atoms. The van der Waals surface area contributed by atoms with Crippen LogP contribution in [0.15, 0.2) is 41.6 Å². The van der Waals surface area contributed by atoms with Gasteiger partial charge in [-0.1, -0.05) is 31.1 Å². The van der Waals surface area contributed by atoms with Crippen LogP contribution >= 0.6 is 0 Å². The number of ether oxygens (including phenoxy) is 1. The van der Waals surface area contributed by atoms with Crippen molar-refractivity contribution in [1.82, 2.24) is 5.01 Å². The zero-order chi connectivity index (χ0) is 22.4. The first-order valence-electron chi connectivity index (χ1n) is 9.67. The fraction of sp³-hybridized carbons (Fsp3) is 0.364. The van der Waals surface area contributed by atoms with E-state index in [4.69, 9.17) is 21.3 Å². The van der Waals surface area contributed by atoms with Crippen LogP contribution in [0.2, 0.25) is 0 Å². The van der Waals surface area contributed by atoms with Gasteiger partial charge < -0.3 is 9.57 Å². The zero-order valence-electron chi connectivity index (χ0n) is 18.5. The number of urea groups is 1. The van der Waals surface area contributed by atoms with Crippen LogP contribution in [0.4, 0.5) is 10.5 Å². The van der Waals surface area contributed by atoms with Gasteiger partial charge in [-0.2, -0.15) is 0 Å². The molecule has 2 aromatic carbocycles. The second-order valence-electron chi connectivity index (χ2n) is 7.42. The van der Waals surface area contributed by atoms with E-state index in [0.717, 1.165) is 43.7 Å². The molecule has 0 radical (unpaired) electrons. The number of hydrogen-bond donors (Lipinski definition) is 2. The van der Waals surface area contributed by atoms with Gasteiger partial charge in [0.25, 0.3) is 0 Å². The molecule has 0 atom stereocenters. The predicted octanol–water partition coefficient (Wildman–Crippen LogP) is 3.49. The lowest BCUT2D eigenvalue weighted by Crippen LogP contribution is -2.49. The third-order valence-corrected chi connectivity index (χ3v) is 4.73. The molecule has 0 aliphatic rings. The highest BCUT2D eigenvalue weighted by molar-refractivity contribution is 6.01. The first kappa shape index (κ1) is 23.2. The number of benzene rings is 2. The Hall–Kier alpha value is -3.10. The number of aryl methyl sites for hydroxylation is 2. The van der Waals surface area contributed by atoms with Crippen molar-refractivity contribution >= 4 is 17.4 Å². The van der Waals surface area contributed by atoms with Crippen LogP contribution in [-0.2, 0) is 11.4 Å². The molecule has 2 amide bonds. The van der Waals surface area contributed by atoms with Crippen molar-refractivity contribution in [3.8, 4) is 5.75 Å². The molecule has 0 fully saturated rings. The maximum absolute atomic E-state index is 12.2. The van der Waals surface area contributed by atoms with E-state index in [-0.39, 0.29) is 12.5 Å². The van der Waals surface area contributed by atoms with E-state index >= 15 is 0 Å². The summed E-state index contributed by atoms with van der Waals surface area (Å²) in [5.74, 6) is 12.5. The fourth-order valence-corrected chi connectivity index (χ4v) is 3.08. The Morgan fingerprint density at radius 3 is 2.40 bits per heavy atom. The summed E-state index contributed by atoms with van der Waals surface area (Å²) >= 11 is 0. The minimum atomic E-state index is -0.527. The van der Waals surface area contributed by atoms with Gasteiger partial charge in [0.2, 0.25) is 0 Å². The molecule has 0 aromatic heterocycles. The molecule has 0 saturated carbocycles. The van der Waals surface area contributed by atoms with Crippen LogP contribution in [0.5, 0.6) is 5.75 Å². The van der Waals surface area contributed by atoms with Crippen LogP contribution in [0, 0.1) is 19.8 Å². The van der Waals surface area contributed by atoms with Crippen molar-refractivity contribution in [2.75, 3.05) is 19.2 Å². The van der Waals surface area contributed by atoms with Crippen molar-refractivity contribution < 1.29 is 14.4 Å². The van der Waals surface area contributed by atoms with E-state index in [1.807, 2.05) is 44.2 Å². The van der Waals surface area contributed by atoms with Crippen molar-refractivity contribution in [1.29, 1.82) is 0 Å². The zero-order valence-corrected chi connectivity index (χ0v) is 18.5. The number of nitrogens with zero attached hydrogens (tertiary/aromatic N) is 3. The summed E-state index contributed by atoms with van der Waals surface area (Å²) in [5, 5.41) is 6.10. The lowest BCUT2D eigenvalue weighted by molar-refractivity contribution is 0.212. The summed E-state index contributed by atoms with van der Waals surface area (Å²) in [7, 11) is 2.98. The Labute approximate surface area is 178 Å². The molecule has 2 aromatic rings. The van der Waals surface area contributed by atoms with E-state index in [0.29, 0.717) is 5.69 Å². The highest BCUT2D eigenvalue weighted by Gasteiger charge is 2.19. The minimum Gasteiger partial charge on any atom is -0.489 e. The first-order chi connectivity index (χ1) is 14.2. The SMILES string of the molecule is CON=C(c1ccc(OCc2c(C)cccc2N(N)C(=O)N(C)N)c(C)c1)C(C)C. The van der Waals surface area contributed by atoms with Gasteiger partial charge in [-0.25, -0.2) is 21.5 Å². The molecule has 0 saturated heterocycles. The average molecular weight is 414 g/mol. The normalized spacial score (nSPS) is 11.4. The third kappa shape index (κ3) is 5.28. The number of carbonyl (C=O) groups excluding carboxylic acids is 1. The smallest absolute Gasteiger partial charge is 0.352 e. The van der Waals surface area contributed by atoms with E-state index < -0.39 is 6.03 Å². The van der Waals surface area contributed by atoms with Crippen LogP contribution in [-0.4, -0.2) is 30.9 Å². The molecule has 8 heteroatoms. The van der Waals surface area contributed by atoms with Crippen molar-refractivity contribution in [2.45, 2.75) is 34.3 Å². The highest BCUT2D eigenvalue weighted by atomic mass is 16.6. The van der Waals surface area contributed by atoms with Gasteiger partial charge in [-0.3, -0.25) is 5.01 Å². The second kappa shape index (κ2) is 10.1. The lowest BCUT2D eigenvalue weighted by atomic mass is 9.98. The van der Waals surface area contributed by atoms with E-state index in [1.54, 1.807) is 13.2 Å². The largest absolute Gasteiger partial charge is 0.489 e. The fourth-order valence-electron chi connectivity index (χ4n) is 3.08. The Balaban J connectivity index is 2.28. The molecule has 0 bridgehead atoms. The van der Waals surface area contributed by atoms with Crippen LogP contribution in [0.25, 0.3) is 0 Å². The van der Waals surface area contributed by atoms with Gasteiger partial charge in [-0.05, 0) is 55.2 Å². The maximum Gasteiger partial charge on any atom is 0.352 e. The van der Waals surface area contributed by atoms with Gasteiger partial charge >= 0.3 is 6.03 Å². The molecular weight excluding hydrogens is 382 g/mol. The molecule has 0 aliphatic heterocycles. The van der Waals surface area contributed by atoms with Gasteiger partial charge in [0.15, 0.2) is 0 Å². The topological polar surface area (TPSA) is 106 Å². The van der Waals surface area contributed by atoms with Crippen LogP contribution in [0.3, 0.4) is 0 Å². The summed E-state index contributed by atoms with van der Waals surface area (Å²) in [5.41, 5.74) is 5.13. The quantitative estimate of drug-likeness (QED) is 0.313. The number of nitrogens with two attached hydrogens (primary N) is 2. The number of carbonyl (C=O) groups is 1.